The van der Waals surface area contributed by atoms with Crippen LogP contribution in [0.2, 0.25) is 0 Å². The normalized spacial score (nSPS) is 22.2. The van der Waals surface area contributed by atoms with Crippen molar-refractivity contribution in [1.29, 1.82) is 0 Å². The highest BCUT2D eigenvalue weighted by Crippen LogP contribution is 2.55. The second kappa shape index (κ2) is 20.2. The lowest BCUT2D eigenvalue weighted by Gasteiger charge is -2.38. The summed E-state index contributed by atoms with van der Waals surface area (Å²) in [5.74, 6) is 5.57. The molecule has 0 spiro atoms. The van der Waals surface area contributed by atoms with Crippen LogP contribution in [-0.2, 0) is 23.3 Å². The standard InChI is InChI=1S/C35H56N5O7P/c1-8-10-11-12-13-14-15-16-17-20-29(41)37-21-18-19-28-24-39(34(43)38-32(28)42)33-30-31(35(9-2,46-33)25-44-30)47-48(45-23-22-36-7)40(26(3)4)27(5)6/h24,26-27,30-31,33H,8-17,20-23,25H2,1-6H3,(H,37,41)(H,38,42,43)/t30?,31-,33-,35+,48?/m1/s1. The summed E-state index contributed by atoms with van der Waals surface area (Å²) in [4.78, 5) is 43.7. The van der Waals surface area contributed by atoms with Gasteiger partial charge in [0.1, 0.15) is 30.0 Å². The van der Waals surface area contributed by atoms with Crippen LogP contribution in [0.3, 0.4) is 0 Å². The summed E-state index contributed by atoms with van der Waals surface area (Å²) < 4.78 is 29.0. The minimum absolute atomic E-state index is 0.0684. The third-order valence-corrected chi connectivity index (χ3v) is 10.9. The minimum Gasteiger partial charge on any atom is -0.368 e. The molecule has 1 aromatic rings. The van der Waals surface area contributed by atoms with Gasteiger partial charge in [-0.05, 0) is 40.5 Å². The van der Waals surface area contributed by atoms with Gasteiger partial charge >= 0.3 is 5.69 Å². The smallest absolute Gasteiger partial charge is 0.330 e. The molecule has 0 aliphatic carbocycles. The molecule has 0 aromatic carbocycles. The van der Waals surface area contributed by atoms with Gasteiger partial charge in [0.05, 0.1) is 13.2 Å². The van der Waals surface area contributed by atoms with E-state index in [9.17, 15) is 14.4 Å². The first-order chi connectivity index (χ1) is 23.1. The Kier molecular flexibility index (Phi) is 16.8. The van der Waals surface area contributed by atoms with Gasteiger partial charge < -0.3 is 28.7 Å². The van der Waals surface area contributed by atoms with Gasteiger partial charge in [0, 0.05) is 24.7 Å². The molecule has 2 aliphatic rings. The van der Waals surface area contributed by atoms with Crippen LogP contribution in [0.15, 0.2) is 15.8 Å². The van der Waals surface area contributed by atoms with Gasteiger partial charge in [-0.25, -0.2) is 16.0 Å². The van der Waals surface area contributed by atoms with Gasteiger partial charge in [0.15, 0.2) is 6.23 Å². The Hall–Kier alpha value is -2.57. The topological polar surface area (TPSA) is 128 Å². The molecule has 268 valence electrons. The van der Waals surface area contributed by atoms with Crippen LogP contribution in [0, 0.1) is 18.4 Å². The number of rotatable bonds is 21. The number of fused-ring (bicyclic) bond motifs is 2. The average molecular weight is 690 g/mol. The Morgan fingerprint density at radius 2 is 1.81 bits per heavy atom. The molecule has 1 aromatic heterocycles. The number of amides is 1. The summed E-state index contributed by atoms with van der Waals surface area (Å²) in [6.07, 6.45) is 11.0. The van der Waals surface area contributed by atoms with Gasteiger partial charge in [0.2, 0.25) is 12.5 Å². The lowest BCUT2D eigenvalue weighted by atomic mass is 9.96. The largest absolute Gasteiger partial charge is 0.368 e. The predicted octanol–water partition coefficient (Wildman–Crippen LogP) is 5.67. The first-order valence-corrected chi connectivity index (χ1v) is 18.8. The molecule has 2 fully saturated rings. The third kappa shape index (κ3) is 11.0. The summed E-state index contributed by atoms with van der Waals surface area (Å²) >= 11 is 0. The Morgan fingerprint density at radius 1 is 1.15 bits per heavy atom. The Bertz CT molecular complexity index is 1370. The third-order valence-electron chi connectivity index (χ3n) is 8.77. The SMILES string of the molecule is [C-]#[N+]CCOP(O[C@@H]1C2OC[C@]1(CC)O[C@H]2n1cc(C#CCNC(=O)CCCCCCCCCCC)c(=O)[nH]c1=O)N(C(C)C)C(C)C. The van der Waals surface area contributed by atoms with Crippen LogP contribution >= 0.6 is 8.53 Å². The first kappa shape index (κ1) is 39.9. The number of ether oxygens (including phenoxy) is 2. The van der Waals surface area contributed by atoms with E-state index in [1.165, 1.54) is 49.3 Å². The molecule has 0 saturated carbocycles. The zero-order valence-corrected chi connectivity index (χ0v) is 30.6. The van der Waals surface area contributed by atoms with E-state index in [1.54, 1.807) is 0 Å². The van der Waals surface area contributed by atoms with Gasteiger partial charge in [-0.1, -0.05) is 77.1 Å². The molecule has 2 bridgehead atoms. The zero-order chi connectivity index (χ0) is 35.1. The zero-order valence-electron chi connectivity index (χ0n) is 29.7. The van der Waals surface area contributed by atoms with Crippen molar-refractivity contribution in [2.45, 2.75) is 148 Å². The number of nitrogens with one attached hydrogen (secondary N) is 2. The molecule has 13 heteroatoms. The number of hydrogen-bond acceptors (Lipinski definition) is 8. The van der Waals surface area contributed by atoms with Gasteiger partial charge in [-0.15, -0.1) is 0 Å². The molecule has 12 nitrogen and oxygen atoms in total. The van der Waals surface area contributed by atoms with Crippen molar-refractivity contribution in [2.75, 3.05) is 26.3 Å². The van der Waals surface area contributed by atoms with Crippen LogP contribution in [0.5, 0.6) is 0 Å². The van der Waals surface area contributed by atoms with Crippen LogP contribution in [0.25, 0.3) is 4.85 Å². The van der Waals surface area contributed by atoms with Crippen molar-refractivity contribution in [3.8, 4) is 11.8 Å². The Morgan fingerprint density at radius 3 is 2.44 bits per heavy atom. The molecule has 3 rings (SSSR count). The fourth-order valence-electron chi connectivity index (χ4n) is 6.22. The van der Waals surface area contributed by atoms with Crippen molar-refractivity contribution in [3.63, 3.8) is 0 Å². The summed E-state index contributed by atoms with van der Waals surface area (Å²) in [5.41, 5.74) is -2.02. The number of H-pyrrole nitrogens is 1. The monoisotopic (exact) mass is 689 g/mol. The molecule has 2 aliphatic heterocycles. The van der Waals surface area contributed by atoms with Gasteiger partial charge in [-0.3, -0.25) is 19.1 Å². The van der Waals surface area contributed by atoms with Crippen molar-refractivity contribution >= 4 is 14.4 Å². The number of carbonyl (C=O) groups excluding carboxylic acids is 1. The molecular weight excluding hydrogens is 633 g/mol. The lowest BCUT2D eigenvalue weighted by Crippen LogP contribution is -2.43. The Labute approximate surface area is 287 Å². The Balaban J connectivity index is 1.65. The highest BCUT2D eigenvalue weighted by molar-refractivity contribution is 7.44. The average Bonchev–Trinajstić information content (AvgIpc) is 3.54. The molecule has 48 heavy (non-hydrogen) atoms. The maximum Gasteiger partial charge on any atom is 0.330 e. The number of hydrogen-bond donors (Lipinski definition) is 2. The van der Waals surface area contributed by atoms with Crippen LogP contribution in [-0.4, -0.2) is 76.3 Å². The second-order valence-corrected chi connectivity index (χ2v) is 14.5. The van der Waals surface area contributed by atoms with E-state index < -0.39 is 43.8 Å². The van der Waals surface area contributed by atoms with Crippen LogP contribution < -0.4 is 16.6 Å². The van der Waals surface area contributed by atoms with Crippen molar-refractivity contribution in [3.05, 3.63) is 44.0 Å². The number of carbonyl (C=O) groups is 1. The molecule has 3 heterocycles. The fourth-order valence-corrected chi connectivity index (χ4v) is 8.02. The second-order valence-electron chi connectivity index (χ2n) is 13.1. The summed E-state index contributed by atoms with van der Waals surface area (Å²) in [5, 5.41) is 2.80. The van der Waals surface area contributed by atoms with Crippen molar-refractivity contribution in [1.82, 2.24) is 19.5 Å². The van der Waals surface area contributed by atoms with Gasteiger partial charge in [-0.2, -0.15) is 0 Å². The van der Waals surface area contributed by atoms with E-state index in [2.05, 4.69) is 66.3 Å². The van der Waals surface area contributed by atoms with Crippen molar-refractivity contribution < 1.29 is 23.3 Å². The van der Waals surface area contributed by atoms with E-state index in [-0.39, 0.29) is 49.9 Å². The fraction of sp³-hybridized carbons (Fsp3) is 0.771. The van der Waals surface area contributed by atoms with E-state index in [0.717, 1.165) is 19.3 Å². The van der Waals surface area contributed by atoms with E-state index in [0.29, 0.717) is 12.8 Å². The summed E-state index contributed by atoms with van der Waals surface area (Å²) in [6.45, 7) is 20.5. The van der Waals surface area contributed by atoms with E-state index in [4.69, 9.17) is 25.1 Å². The molecule has 1 amide bonds. The number of nitrogens with zero attached hydrogens (tertiary/aromatic N) is 3. The van der Waals surface area contributed by atoms with Crippen molar-refractivity contribution in [2.24, 2.45) is 0 Å². The summed E-state index contributed by atoms with van der Waals surface area (Å²) in [7, 11) is -1.58. The maximum absolute atomic E-state index is 13.1. The minimum atomic E-state index is -1.58. The quantitative estimate of drug-likeness (QED) is 0.0732. The van der Waals surface area contributed by atoms with E-state index >= 15 is 0 Å². The molecule has 2 N–H and O–H groups in total. The first-order valence-electron chi connectivity index (χ1n) is 17.7. The molecular formula is C35H56N5O7P. The lowest BCUT2D eigenvalue weighted by molar-refractivity contribution is -0.175. The maximum atomic E-state index is 13.1. The number of aromatic nitrogens is 2. The highest BCUT2D eigenvalue weighted by Gasteiger charge is 2.63. The molecule has 0 radical (unpaired) electrons. The predicted molar refractivity (Wildman–Crippen MR) is 187 cm³/mol. The van der Waals surface area contributed by atoms with Crippen LogP contribution in [0.1, 0.15) is 124 Å². The molecule has 2 unspecified atom stereocenters. The van der Waals surface area contributed by atoms with Crippen LogP contribution in [0.4, 0.5) is 0 Å². The van der Waals surface area contributed by atoms with Gasteiger partial charge in [0.25, 0.3) is 14.1 Å². The summed E-state index contributed by atoms with van der Waals surface area (Å²) in [6, 6.07) is 0.224. The highest BCUT2D eigenvalue weighted by atomic mass is 31.2. The molecule has 5 atom stereocenters. The molecule has 2 saturated heterocycles. The van der Waals surface area contributed by atoms with E-state index in [1.807, 2.05) is 6.92 Å². The number of unbranched alkanes of at least 4 members (excludes halogenated alkanes) is 8. The number of aromatic amines is 1.